The van der Waals surface area contributed by atoms with Crippen molar-refractivity contribution in [3.8, 4) is 5.75 Å². The predicted molar refractivity (Wildman–Crippen MR) is 123 cm³/mol. The van der Waals surface area contributed by atoms with E-state index in [1.54, 1.807) is 19.2 Å². The van der Waals surface area contributed by atoms with Gasteiger partial charge in [-0.2, -0.15) is 0 Å². The van der Waals surface area contributed by atoms with Gasteiger partial charge in [0.05, 0.1) is 12.7 Å². The van der Waals surface area contributed by atoms with Crippen molar-refractivity contribution in [1.82, 2.24) is 14.8 Å². The van der Waals surface area contributed by atoms with Gasteiger partial charge in [-0.3, -0.25) is 9.80 Å². The minimum absolute atomic E-state index is 0.0368. The number of methoxy groups -OCH3 is 1. The monoisotopic (exact) mass is 467 g/mol. The van der Waals surface area contributed by atoms with Crippen LogP contribution in [0.3, 0.4) is 0 Å². The van der Waals surface area contributed by atoms with Crippen LogP contribution in [0.2, 0.25) is 0 Å². The van der Waals surface area contributed by atoms with Gasteiger partial charge in [-0.25, -0.2) is 13.6 Å². The molecule has 3 heterocycles. The van der Waals surface area contributed by atoms with Crippen molar-refractivity contribution in [3.05, 3.63) is 64.8 Å². The highest BCUT2D eigenvalue weighted by atomic mass is 19.3. The zero-order valence-electron chi connectivity index (χ0n) is 19.1. The van der Waals surface area contributed by atoms with Gasteiger partial charge in [0.15, 0.2) is 0 Å². The number of H-pyrrole nitrogens is 1. The summed E-state index contributed by atoms with van der Waals surface area (Å²) in [5.74, 6) is -3.85. The Morgan fingerprint density at radius 3 is 2.68 bits per heavy atom. The summed E-state index contributed by atoms with van der Waals surface area (Å²) < 4.78 is 34.4. The molecule has 0 amide bonds. The lowest BCUT2D eigenvalue weighted by atomic mass is 9.95. The molecule has 8 heteroatoms. The number of rotatable bonds is 5. The highest BCUT2D eigenvalue weighted by Crippen LogP contribution is 2.63. The number of halogens is 2. The van der Waals surface area contributed by atoms with E-state index in [1.165, 1.54) is 0 Å². The smallest absolute Gasteiger partial charge is 0.335 e. The van der Waals surface area contributed by atoms with Gasteiger partial charge in [0, 0.05) is 72.8 Å². The molecule has 4 atom stereocenters. The number of hydrogen-bond donors (Lipinski definition) is 2. The summed E-state index contributed by atoms with van der Waals surface area (Å²) >= 11 is 0. The number of aromatic carboxylic acids is 1. The number of piperazine rings is 1. The number of benzene rings is 2. The summed E-state index contributed by atoms with van der Waals surface area (Å²) in [5.41, 5.74) is 4.39. The van der Waals surface area contributed by atoms with Crippen molar-refractivity contribution in [1.29, 1.82) is 0 Å². The number of hydrogen-bond acceptors (Lipinski definition) is 4. The standard InChI is InChI=1S/C26H27F2N3O3/c1-14-9-22(34-2)18(17-7-8-29-24(14)17)10-30-13-21-23-19(26(23,27)28)11-31(21)12-20(30)15-3-5-16(6-4-15)25(32)33/h3-9,19-21,23,29H,10-13H2,1-2H3,(H,32,33)/t19-,20+,21+,23-/m0/s1. The molecule has 178 valence electrons. The molecule has 6 rings (SSSR count). The molecule has 2 saturated heterocycles. The Morgan fingerprint density at radius 1 is 1.21 bits per heavy atom. The number of aromatic amines is 1. The fourth-order valence-electron chi connectivity index (χ4n) is 6.26. The molecule has 0 unspecified atom stereocenters. The molecule has 1 saturated carbocycles. The third-order valence-corrected chi connectivity index (χ3v) is 8.08. The number of aromatic nitrogens is 1. The molecule has 3 aromatic rings. The van der Waals surface area contributed by atoms with E-state index in [0.29, 0.717) is 26.2 Å². The van der Waals surface area contributed by atoms with Crippen molar-refractivity contribution in [3.63, 3.8) is 0 Å². The lowest BCUT2D eigenvalue weighted by Crippen LogP contribution is -2.54. The largest absolute Gasteiger partial charge is 0.496 e. The predicted octanol–water partition coefficient (Wildman–Crippen LogP) is 4.31. The quantitative estimate of drug-likeness (QED) is 0.586. The van der Waals surface area contributed by atoms with Gasteiger partial charge in [-0.05, 0) is 42.3 Å². The second-order valence-electron chi connectivity index (χ2n) is 9.84. The Kier molecular flexibility index (Phi) is 4.76. The first kappa shape index (κ1) is 21.6. The Hall–Kier alpha value is -2.97. The zero-order chi connectivity index (χ0) is 23.8. The van der Waals surface area contributed by atoms with Crippen molar-refractivity contribution >= 4 is 16.9 Å². The van der Waals surface area contributed by atoms with Crippen LogP contribution in [0.5, 0.6) is 5.75 Å². The average molecular weight is 468 g/mol. The normalized spacial score (nSPS) is 28.0. The molecular weight excluding hydrogens is 440 g/mol. The molecule has 2 N–H and O–H groups in total. The summed E-state index contributed by atoms with van der Waals surface area (Å²) in [7, 11) is 1.66. The van der Waals surface area contributed by atoms with Crippen LogP contribution in [0.1, 0.15) is 33.1 Å². The number of fused-ring (bicyclic) bond motifs is 4. The van der Waals surface area contributed by atoms with Crippen LogP contribution in [0.25, 0.3) is 10.9 Å². The lowest BCUT2D eigenvalue weighted by Gasteiger charge is -2.45. The van der Waals surface area contributed by atoms with Crippen LogP contribution in [-0.4, -0.2) is 64.6 Å². The van der Waals surface area contributed by atoms with Crippen LogP contribution in [0.4, 0.5) is 8.78 Å². The van der Waals surface area contributed by atoms with Gasteiger partial charge < -0.3 is 14.8 Å². The number of carboxylic acids is 1. The van der Waals surface area contributed by atoms with Crippen molar-refractivity contribution in [2.75, 3.05) is 26.7 Å². The summed E-state index contributed by atoms with van der Waals surface area (Å²) in [5, 5.41) is 10.4. The van der Waals surface area contributed by atoms with Crippen molar-refractivity contribution in [2.24, 2.45) is 11.8 Å². The van der Waals surface area contributed by atoms with E-state index in [2.05, 4.69) is 14.8 Å². The molecule has 2 aromatic carbocycles. The van der Waals surface area contributed by atoms with Gasteiger partial charge >= 0.3 is 5.97 Å². The third kappa shape index (κ3) is 3.15. The summed E-state index contributed by atoms with van der Waals surface area (Å²) in [6.45, 7) is 4.19. The van der Waals surface area contributed by atoms with Crippen molar-refractivity contribution in [2.45, 2.75) is 31.5 Å². The molecule has 0 radical (unpaired) electrons. The van der Waals surface area contributed by atoms with E-state index in [4.69, 9.17) is 4.74 Å². The first-order valence-electron chi connectivity index (χ1n) is 11.6. The van der Waals surface area contributed by atoms with Gasteiger partial charge in [-0.15, -0.1) is 0 Å². The van der Waals surface area contributed by atoms with Gasteiger partial charge in [0.1, 0.15) is 5.75 Å². The first-order valence-corrected chi connectivity index (χ1v) is 11.6. The summed E-state index contributed by atoms with van der Waals surface area (Å²) in [4.78, 5) is 19.1. The second kappa shape index (κ2) is 7.52. The molecule has 6 nitrogen and oxygen atoms in total. The highest BCUT2D eigenvalue weighted by Gasteiger charge is 2.76. The number of alkyl halides is 2. The number of nitrogens with one attached hydrogen (secondary N) is 1. The Bertz CT molecular complexity index is 1270. The van der Waals surface area contributed by atoms with Crippen LogP contribution in [0.15, 0.2) is 42.6 Å². The first-order chi connectivity index (χ1) is 16.3. The molecule has 0 spiro atoms. The Morgan fingerprint density at radius 2 is 1.97 bits per heavy atom. The number of carboxylic acid groups (broad SMARTS) is 1. The number of ether oxygens (including phenoxy) is 1. The van der Waals surface area contributed by atoms with Gasteiger partial charge in [0.25, 0.3) is 5.92 Å². The van der Waals surface area contributed by atoms with E-state index in [1.807, 2.05) is 37.4 Å². The highest BCUT2D eigenvalue weighted by molar-refractivity contribution is 5.88. The lowest BCUT2D eigenvalue weighted by molar-refractivity contribution is -0.0208. The molecule has 3 fully saturated rings. The number of nitrogens with zero attached hydrogens (tertiary/aromatic N) is 2. The van der Waals surface area contributed by atoms with Crippen LogP contribution in [-0.2, 0) is 6.54 Å². The Balaban J connectivity index is 1.38. The summed E-state index contributed by atoms with van der Waals surface area (Å²) in [6.07, 6.45) is 1.91. The average Bonchev–Trinajstić information content (AvgIpc) is 3.22. The van der Waals surface area contributed by atoms with Gasteiger partial charge in [0.2, 0.25) is 0 Å². The minimum Gasteiger partial charge on any atom is -0.496 e. The maximum absolute atomic E-state index is 14.3. The van der Waals surface area contributed by atoms with Crippen molar-refractivity contribution < 1.29 is 23.4 Å². The third-order valence-electron chi connectivity index (χ3n) is 8.08. The van der Waals surface area contributed by atoms with E-state index in [0.717, 1.165) is 33.3 Å². The molecular formula is C26H27F2N3O3. The number of carbonyl (C=O) groups is 1. The van der Waals surface area contributed by atoms with E-state index in [9.17, 15) is 18.7 Å². The maximum atomic E-state index is 14.3. The molecule has 1 aromatic heterocycles. The minimum atomic E-state index is -2.56. The van der Waals surface area contributed by atoms with E-state index in [-0.39, 0.29) is 17.6 Å². The van der Waals surface area contributed by atoms with E-state index >= 15 is 0 Å². The molecule has 2 aliphatic heterocycles. The Labute approximate surface area is 196 Å². The molecule has 3 aliphatic rings. The topological polar surface area (TPSA) is 68.8 Å². The number of aryl methyl sites for hydroxylation is 1. The zero-order valence-corrected chi connectivity index (χ0v) is 19.1. The van der Waals surface area contributed by atoms with Gasteiger partial charge in [-0.1, -0.05) is 12.1 Å². The SMILES string of the molecule is COc1cc(C)c2[nH]ccc2c1CN1C[C@@H]2[C@@H]3[C@H](CN2C[C@@H]1c1ccc(C(=O)O)cc1)C3(F)F. The second-order valence-corrected chi connectivity index (χ2v) is 9.84. The maximum Gasteiger partial charge on any atom is 0.335 e. The van der Waals surface area contributed by atoms with Crippen LogP contribution >= 0.6 is 0 Å². The number of piperidine rings is 1. The fraction of sp³-hybridized carbons (Fsp3) is 0.423. The van der Waals surface area contributed by atoms with E-state index < -0.39 is 23.7 Å². The van der Waals surface area contributed by atoms with Crippen LogP contribution < -0.4 is 4.74 Å². The molecule has 0 bridgehead atoms. The summed E-state index contributed by atoms with van der Waals surface area (Å²) in [6, 6.07) is 10.8. The fourth-order valence-corrected chi connectivity index (χ4v) is 6.26. The van der Waals surface area contributed by atoms with Crippen LogP contribution in [0, 0.1) is 18.8 Å². The molecule has 34 heavy (non-hydrogen) atoms. The molecule has 1 aliphatic carbocycles.